The number of likely N-dealkylation sites (N-methyl/N-ethyl adjacent to an activating group) is 1. The number of nitrogens with zero attached hydrogens (tertiary/aromatic N) is 1. The van der Waals surface area contributed by atoms with Crippen LogP contribution >= 0.6 is 11.6 Å². The lowest BCUT2D eigenvalue weighted by Gasteiger charge is -2.16. The molecule has 0 aromatic heterocycles. The van der Waals surface area contributed by atoms with Crippen LogP contribution in [0.4, 0.5) is 5.69 Å². The third-order valence-corrected chi connectivity index (χ3v) is 3.48. The molecule has 1 aliphatic heterocycles. The van der Waals surface area contributed by atoms with E-state index in [1.807, 2.05) is 0 Å². The summed E-state index contributed by atoms with van der Waals surface area (Å²) < 4.78 is 10.3. The first-order valence-electron chi connectivity index (χ1n) is 5.96. The van der Waals surface area contributed by atoms with Gasteiger partial charge >= 0.3 is 0 Å². The Balaban J connectivity index is 2.28. The van der Waals surface area contributed by atoms with Crippen LogP contribution in [0.3, 0.4) is 0 Å². The molecule has 20 heavy (non-hydrogen) atoms. The average Bonchev–Trinajstić information content (AvgIpc) is 2.67. The van der Waals surface area contributed by atoms with E-state index in [2.05, 4.69) is 5.32 Å². The molecule has 1 unspecified atom stereocenters. The molecule has 0 bridgehead atoms. The van der Waals surface area contributed by atoms with Gasteiger partial charge in [-0.05, 0) is 6.07 Å². The first-order valence-corrected chi connectivity index (χ1v) is 6.34. The van der Waals surface area contributed by atoms with Gasteiger partial charge in [-0.25, -0.2) is 0 Å². The molecule has 1 fully saturated rings. The maximum Gasteiger partial charge on any atom is 0.251 e. The maximum atomic E-state index is 11.9. The molecule has 1 aromatic rings. The smallest absolute Gasteiger partial charge is 0.251 e. The lowest BCUT2D eigenvalue weighted by atomic mass is 10.2. The van der Waals surface area contributed by atoms with Crippen molar-refractivity contribution in [2.45, 2.75) is 12.5 Å². The third-order valence-electron chi connectivity index (χ3n) is 3.19. The van der Waals surface area contributed by atoms with Crippen molar-refractivity contribution in [2.24, 2.45) is 0 Å². The summed E-state index contributed by atoms with van der Waals surface area (Å²) in [6, 6.07) is 2.62. The number of hydrogen-bond donors (Lipinski definition) is 1. The minimum absolute atomic E-state index is 0.113. The molecule has 0 radical (unpaired) electrons. The molecule has 1 aliphatic rings. The number of carbonyl (C=O) groups is 2. The predicted molar refractivity (Wildman–Crippen MR) is 74.4 cm³/mol. The van der Waals surface area contributed by atoms with Crippen LogP contribution in [0.25, 0.3) is 0 Å². The van der Waals surface area contributed by atoms with Crippen LogP contribution in [0.1, 0.15) is 6.42 Å². The number of amides is 2. The Morgan fingerprint density at radius 2 is 1.90 bits per heavy atom. The van der Waals surface area contributed by atoms with Gasteiger partial charge in [0, 0.05) is 13.1 Å². The van der Waals surface area contributed by atoms with Crippen LogP contribution in [0.15, 0.2) is 12.1 Å². The first kappa shape index (κ1) is 14.5. The lowest BCUT2D eigenvalue weighted by Crippen LogP contribution is -2.31. The van der Waals surface area contributed by atoms with E-state index in [1.165, 1.54) is 21.3 Å². The minimum Gasteiger partial charge on any atom is -0.495 e. The van der Waals surface area contributed by atoms with Crippen molar-refractivity contribution in [1.29, 1.82) is 0 Å². The van der Waals surface area contributed by atoms with Gasteiger partial charge in [-0.2, -0.15) is 0 Å². The van der Waals surface area contributed by atoms with E-state index < -0.39 is 6.04 Å². The Labute approximate surface area is 121 Å². The van der Waals surface area contributed by atoms with Crippen LogP contribution in [0.2, 0.25) is 5.02 Å². The zero-order valence-electron chi connectivity index (χ0n) is 11.4. The second kappa shape index (κ2) is 5.58. The Morgan fingerprint density at radius 1 is 1.25 bits per heavy atom. The van der Waals surface area contributed by atoms with Crippen molar-refractivity contribution < 1.29 is 19.1 Å². The Bertz CT molecular complexity index is 562. The number of anilines is 1. The Morgan fingerprint density at radius 3 is 2.40 bits per heavy atom. The van der Waals surface area contributed by atoms with Crippen molar-refractivity contribution in [3.05, 3.63) is 17.2 Å². The van der Waals surface area contributed by atoms with Gasteiger partial charge in [0.15, 0.2) is 0 Å². The summed E-state index contributed by atoms with van der Waals surface area (Å²) in [7, 11) is 4.47. The number of hydrogen-bond acceptors (Lipinski definition) is 5. The zero-order valence-corrected chi connectivity index (χ0v) is 12.2. The molecule has 2 rings (SSSR count). The largest absolute Gasteiger partial charge is 0.495 e. The van der Waals surface area contributed by atoms with E-state index in [4.69, 9.17) is 21.1 Å². The normalized spacial score (nSPS) is 18.4. The summed E-state index contributed by atoms with van der Waals surface area (Å²) in [4.78, 5) is 24.5. The molecule has 1 N–H and O–H groups in total. The molecule has 7 heteroatoms. The Kier molecular flexibility index (Phi) is 4.04. The number of ether oxygens (including phenoxy) is 2. The fraction of sp³-hybridized carbons (Fsp3) is 0.385. The number of carbonyl (C=O) groups excluding carboxylic acids is 2. The highest BCUT2D eigenvalue weighted by Gasteiger charge is 2.36. The van der Waals surface area contributed by atoms with E-state index in [1.54, 1.807) is 12.1 Å². The van der Waals surface area contributed by atoms with E-state index in [9.17, 15) is 9.59 Å². The summed E-state index contributed by atoms with van der Waals surface area (Å²) in [6.45, 7) is 0. The van der Waals surface area contributed by atoms with Crippen LogP contribution in [0.5, 0.6) is 11.5 Å². The van der Waals surface area contributed by atoms with Crippen LogP contribution in [-0.4, -0.2) is 44.0 Å². The van der Waals surface area contributed by atoms with Gasteiger partial charge in [0.2, 0.25) is 5.91 Å². The molecule has 2 amide bonds. The standard InChI is InChI=1S/C13H15ClN2O4/c1-16-12(17)5-9(13(16)18)15-8-4-7(14)10(19-2)6-11(8)20-3/h4,6,9,15H,5H2,1-3H3. The molecule has 0 spiro atoms. The number of imide groups is 1. The SMILES string of the molecule is COc1cc(OC)c(NC2CC(=O)N(C)C2=O)cc1Cl. The molecule has 0 saturated carbocycles. The predicted octanol–water partition coefficient (Wildman–Crippen LogP) is 1.53. The molecule has 1 atom stereocenters. The van der Waals surface area contributed by atoms with Crippen molar-refractivity contribution >= 4 is 29.1 Å². The van der Waals surface area contributed by atoms with Gasteiger partial charge < -0.3 is 14.8 Å². The summed E-state index contributed by atoms with van der Waals surface area (Å²) in [5, 5.41) is 3.38. The van der Waals surface area contributed by atoms with Crippen molar-refractivity contribution in [3.63, 3.8) is 0 Å². The summed E-state index contributed by atoms with van der Waals surface area (Å²) in [6.07, 6.45) is 0.113. The van der Waals surface area contributed by atoms with E-state index in [0.29, 0.717) is 22.2 Å². The zero-order chi connectivity index (χ0) is 14.9. The molecular formula is C13H15ClN2O4. The van der Waals surface area contributed by atoms with Crippen molar-refractivity contribution in [1.82, 2.24) is 4.90 Å². The van der Waals surface area contributed by atoms with Crippen LogP contribution in [0, 0.1) is 0 Å². The highest BCUT2D eigenvalue weighted by Crippen LogP contribution is 2.36. The summed E-state index contributed by atoms with van der Waals surface area (Å²) in [5.41, 5.74) is 0.541. The van der Waals surface area contributed by atoms with Gasteiger partial charge in [-0.3, -0.25) is 14.5 Å². The molecule has 6 nitrogen and oxygen atoms in total. The highest BCUT2D eigenvalue weighted by atomic mass is 35.5. The van der Waals surface area contributed by atoms with E-state index >= 15 is 0 Å². The van der Waals surface area contributed by atoms with Gasteiger partial charge in [-0.15, -0.1) is 0 Å². The summed E-state index contributed by atoms with van der Waals surface area (Å²) in [5.74, 6) is 0.469. The fourth-order valence-corrected chi connectivity index (χ4v) is 2.27. The summed E-state index contributed by atoms with van der Waals surface area (Å²) >= 11 is 6.05. The van der Waals surface area contributed by atoms with Crippen LogP contribution < -0.4 is 14.8 Å². The second-order valence-corrected chi connectivity index (χ2v) is 4.79. The number of halogens is 1. The third kappa shape index (κ3) is 2.51. The highest BCUT2D eigenvalue weighted by molar-refractivity contribution is 6.32. The van der Waals surface area contributed by atoms with Crippen molar-refractivity contribution in [3.8, 4) is 11.5 Å². The first-order chi connectivity index (χ1) is 9.47. The number of benzene rings is 1. The molecular weight excluding hydrogens is 284 g/mol. The van der Waals surface area contributed by atoms with E-state index in [0.717, 1.165) is 4.90 Å². The minimum atomic E-state index is -0.606. The fourth-order valence-electron chi connectivity index (χ4n) is 2.03. The molecule has 0 aliphatic carbocycles. The van der Waals surface area contributed by atoms with Crippen LogP contribution in [-0.2, 0) is 9.59 Å². The lowest BCUT2D eigenvalue weighted by molar-refractivity contribution is -0.136. The monoisotopic (exact) mass is 298 g/mol. The number of rotatable bonds is 4. The van der Waals surface area contributed by atoms with E-state index in [-0.39, 0.29) is 18.2 Å². The molecule has 1 heterocycles. The van der Waals surface area contributed by atoms with Crippen molar-refractivity contribution in [2.75, 3.05) is 26.6 Å². The molecule has 1 aromatic carbocycles. The number of nitrogens with one attached hydrogen (secondary N) is 1. The molecule has 1 saturated heterocycles. The molecule has 108 valence electrons. The average molecular weight is 299 g/mol. The quantitative estimate of drug-likeness (QED) is 0.854. The number of methoxy groups -OCH3 is 2. The van der Waals surface area contributed by atoms with Gasteiger partial charge in [0.25, 0.3) is 5.91 Å². The van der Waals surface area contributed by atoms with Gasteiger partial charge in [-0.1, -0.05) is 11.6 Å². The Hall–Kier alpha value is -1.95. The second-order valence-electron chi connectivity index (χ2n) is 4.38. The van der Waals surface area contributed by atoms with Gasteiger partial charge in [0.05, 0.1) is 31.4 Å². The number of likely N-dealkylation sites (tertiary alicyclic amines) is 1. The van der Waals surface area contributed by atoms with Gasteiger partial charge in [0.1, 0.15) is 17.5 Å². The topological polar surface area (TPSA) is 67.9 Å². The maximum absolute atomic E-state index is 11.9.